The Morgan fingerprint density at radius 1 is 1.09 bits per heavy atom. The summed E-state index contributed by atoms with van der Waals surface area (Å²) in [5.41, 5.74) is 4.12. The van der Waals surface area contributed by atoms with E-state index < -0.39 is 49.5 Å². The van der Waals surface area contributed by atoms with Crippen molar-refractivity contribution < 1.29 is 35.9 Å². The molecule has 172 valence electrons. The van der Waals surface area contributed by atoms with Gasteiger partial charge in [-0.25, -0.2) is 8.42 Å². The number of ether oxygens (including phenoxy) is 1. The Labute approximate surface area is 186 Å². The van der Waals surface area contributed by atoms with Crippen LogP contribution in [0.15, 0.2) is 47.4 Å². The van der Waals surface area contributed by atoms with Crippen LogP contribution in [0, 0.1) is 5.92 Å². The zero-order chi connectivity index (χ0) is 23.7. The largest absolute Gasteiger partial charge is 0.426 e. The highest BCUT2D eigenvalue weighted by atomic mass is 35.5. The van der Waals surface area contributed by atoms with E-state index in [1.807, 2.05) is 0 Å². The van der Waals surface area contributed by atoms with Gasteiger partial charge < -0.3 is 10.5 Å². The number of amides is 1. The van der Waals surface area contributed by atoms with Gasteiger partial charge in [0.25, 0.3) is 0 Å². The SMILES string of the molecule is NC(=O)c1cccc(OC(=O)C2CCN(S(=O)(=O)c3ccc(Cl)c(C(F)(F)F)c3)CC2)c1. The summed E-state index contributed by atoms with van der Waals surface area (Å²) in [6.45, 7) is -0.152. The van der Waals surface area contributed by atoms with E-state index >= 15 is 0 Å². The number of sulfonamides is 1. The van der Waals surface area contributed by atoms with E-state index in [0.29, 0.717) is 6.07 Å². The van der Waals surface area contributed by atoms with Gasteiger partial charge in [-0.15, -0.1) is 0 Å². The van der Waals surface area contributed by atoms with Crippen LogP contribution in [0.5, 0.6) is 5.75 Å². The fourth-order valence-corrected chi connectivity index (χ4v) is 5.00. The number of primary amides is 1. The fraction of sp³-hybridized carbons (Fsp3) is 0.300. The molecule has 0 atom stereocenters. The predicted octanol–water partition coefficient (Wildman–Crippen LogP) is 3.46. The molecule has 7 nitrogen and oxygen atoms in total. The molecular formula is C20H18ClF3N2O5S. The highest BCUT2D eigenvalue weighted by Crippen LogP contribution is 2.37. The Morgan fingerprint density at radius 3 is 2.34 bits per heavy atom. The predicted molar refractivity (Wildman–Crippen MR) is 109 cm³/mol. The van der Waals surface area contributed by atoms with Crippen LogP contribution in [0.25, 0.3) is 0 Å². The lowest BCUT2D eigenvalue weighted by Crippen LogP contribution is -2.41. The summed E-state index contributed by atoms with van der Waals surface area (Å²) in [6.07, 6.45) is -4.56. The molecule has 0 spiro atoms. The lowest BCUT2D eigenvalue weighted by Gasteiger charge is -2.30. The van der Waals surface area contributed by atoms with Gasteiger partial charge in [-0.3, -0.25) is 9.59 Å². The number of piperidine rings is 1. The molecule has 32 heavy (non-hydrogen) atoms. The van der Waals surface area contributed by atoms with E-state index in [-0.39, 0.29) is 37.2 Å². The van der Waals surface area contributed by atoms with Gasteiger partial charge in [0, 0.05) is 18.7 Å². The first-order chi connectivity index (χ1) is 14.9. The molecule has 0 unspecified atom stereocenters. The van der Waals surface area contributed by atoms with Crippen molar-refractivity contribution in [3.8, 4) is 5.75 Å². The van der Waals surface area contributed by atoms with Crippen LogP contribution >= 0.6 is 11.6 Å². The minimum Gasteiger partial charge on any atom is -0.426 e. The summed E-state index contributed by atoms with van der Waals surface area (Å²) in [5, 5.41) is -0.599. The van der Waals surface area contributed by atoms with Crippen LogP contribution in [0.4, 0.5) is 13.2 Å². The molecule has 3 rings (SSSR count). The van der Waals surface area contributed by atoms with Crippen LogP contribution in [0.3, 0.4) is 0 Å². The molecule has 0 radical (unpaired) electrons. The monoisotopic (exact) mass is 490 g/mol. The topological polar surface area (TPSA) is 107 Å². The molecule has 1 saturated heterocycles. The highest BCUT2D eigenvalue weighted by Gasteiger charge is 2.37. The lowest BCUT2D eigenvalue weighted by atomic mass is 9.98. The maximum Gasteiger partial charge on any atom is 0.417 e. The molecule has 1 aliphatic heterocycles. The number of carbonyl (C=O) groups excluding carboxylic acids is 2. The summed E-state index contributed by atoms with van der Waals surface area (Å²) in [5.74, 6) is -1.77. The smallest absolute Gasteiger partial charge is 0.417 e. The zero-order valence-electron chi connectivity index (χ0n) is 16.4. The fourth-order valence-electron chi connectivity index (χ4n) is 3.28. The molecule has 2 aromatic carbocycles. The van der Waals surface area contributed by atoms with Gasteiger partial charge >= 0.3 is 12.1 Å². The minimum atomic E-state index is -4.80. The van der Waals surface area contributed by atoms with E-state index in [1.165, 1.54) is 24.3 Å². The first kappa shape index (κ1) is 24.0. The summed E-state index contributed by atoms with van der Waals surface area (Å²) in [6, 6.07) is 8.16. The standard InChI is InChI=1S/C20H18ClF3N2O5S/c21-17-5-4-15(11-16(17)20(22,23)24)32(29,30)26-8-6-12(7-9-26)19(28)31-14-3-1-2-13(10-14)18(25)27/h1-5,10-12H,6-9H2,(H2,25,27). The van der Waals surface area contributed by atoms with Gasteiger partial charge in [0.2, 0.25) is 15.9 Å². The Morgan fingerprint density at radius 2 is 1.75 bits per heavy atom. The second kappa shape index (κ2) is 9.08. The number of halogens is 4. The summed E-state index contributed by atoms with van der Waals surface area (Å²) < 4.78 is 71.1. The highest BCUT2D eigenvalue weighted by molar-refractivity contribution is 7.89. The average Bonchev–Trinajstić information content (AvgIpc) is 2.73. The molecule has 2 aromatic rings. The third-order valence-corrected chi connectivity index (χ3v) is 7.23. The number of nitrogens with zero attached hydrogens (tertiary/aromatic N) is 1. The van der Waals surface area contributed by atoms with Crippen molar-refractivity contribution in [2.75, 3.05) is 13.1 Å². The third-order valence-electron chi connectivity index (χ3n) is 5.01. The number of esters is 1. The van der Waals surface area contributed by atoms with Crippen molar-refractivity contribution >= 4 is 33.5 Å². The van der Waals surface area contributed by atoms with E-state index in [0.717, 1.165) is 16.4 Å². The van der Waals surface area contributed by atoms with E-state index in [2.05, 4.69) is 0 Å². The van der Waals surface area contributed by atoms with Crippen LogP contribution in [0.2, 0.25) is 5.02 Å². The van der Waals surface area contributed by atoms with Crippen molar-refractivity contribution in [1.29, 1.82) is 0 Å². The molecule has 12 heteroatoms. The second-order valence-corrected chi connectivity index (χ2v) is 9.48. The van der Waals surface area contributed by atoms with E-state index in [9.17, 15) is 31.2 Å². The Balaban J connectivity index is 1.68. The van der Waals surface area contributed by atoms with Gasteiger partial charge in [0.15, 0.2) is 0 Å². The van der Waals surface area contributed by atoms with Crippen molar-refractivity contribution in [2.24, 2.45) is 11.7 Å². The van der Waals surface area contributed by atoms with Crippen LogP contribution in [0.1, 0.15) is 28.8 Å². The average molecular weight is 491 g/mol. The molecule has 0 bridgehead atoms. The maximum absolute atomic E-state index is 13.1. The van der Waals surface area contributed by atoms with Crippen LogP contribution in [-0.2, 0) is 21.0 Å². The molecule has 1 heterocycles. The molecule has 0 aliphatic carbocycles. The lowest BCUT2D eigenvalue weighted by molar-refractivity contribution is -0.140. The quantitative estimate of drug-likeness (QED) is 0.510. The summed E-state index contributed by atoms with van der Waals surface area (Å²) >= 11 is 5.56. The number of hydrogen-bond donors (Lipinski definition) is 1. The van der Waals surface area contributed by atoms with Gasteiger partial charge in [-0.2, -0.15) is 17.5 Å². The minimum absolute atomic E-state index is 0.0760. The maximum atomic E-state index is 13.1. The molecule has 1 fully saturated rings. The van der Waals surface area contributed by atoms with Crippen molar-refractivity contribution in [1.82, 2.24) is 4.31 Å². The van der Waals surface area contributed by atoms with Crippen molar-refractivity contribution in [2.45, 2.75) is 23.9 Å². The van der Waals surface area contributed by atoms with Gasteiger partial charge in [-0.05, 0) is 49.2 Å². The Hall–Kier alpha value is -2.63. The first-order valence-corrected chi connectivity index (χ1v) is 11.2. The Bertz CT molecular complexity index is 1150. The van der Waals surface area contributed by atoms with E-state index in [1.54, 1.807) is 0 Å². The molecule has 2 N–H and O–H groups in total. The van der Waals surface area contributed by atoms with E-state index in [4.69, 9.17) is 22.1 Å². The van der Waals surface area contributed by atoms with Crippen LogP contribution in [-0.4, -0.2) is 37.7 Å². The first-order valence-electron chi connectivity index (χ1n) is 9.38. The summed E-state index contributed by atoms with van der Waals surface area (Å²) in [7, 11) is -4.21. The third kappa shape index (κ3) is 5.22. The normalized spacial score (nSPS) is 16.0. The Kier molecular flexibility index (Phi) is 6.82. The number of rotatable bonds is 5. The number of hydrogen-bond acceptors (Lipinski definition) is 5. The van der Waals surface area contributed by atoms with Gasteiger partial charge in [0.05, 0.1) is 21.4 Å². The molecule has 0 saturated carbocycles. The number of nitrogens with two attached hydrogens (primary N) is 1. The van der Waals surface area contributed by atoms with Gasteiger partial charge in [0.1, 0.15) is 5.75 Å². The molecular weight excluding hydrogens is 473 g/mol. The van der Waals surface area contributed by atoms with Crippen molar-refractivity contribution in [3.63, 3.8) is 0 Å². The summed E-state index contributed by atoms with van der Waals surface area (Å²) in [4.78, 5) is 23.1. The van der Waals surface area contributed by atoms with Gasteiger partial charge in [-0.1, -0.05) is 17.7 Å². The molecule has 1 aliphatic rings. The molecule has 1 amide bonds. The second-order valence-electron chi connectivity index (χ2n) is 7.13. The zero-order valence-corrected chi connectivity index (χ0v) is 18.0. The van der Waals surface area contributed by atoms with Crippen molar-refractivity contribution in [3.05, 3.63) is 58.6 Å². The molecule has 0 aromatic heterocycles. The number of benzene rings is 2. The number of carbonyl (C=O) groups is 2. The number of alkyl halides is 3. The van der Waals surface area contributed by atoms with Crippen LogP contribution < -0.4 is 10.5 Å².